The summed E-state index contributed by atoms with van der Waals surface area (Å²) in [6, 6.07) is 6.89. The van der Waals surface area contributed by atoms with E-state index in [4.69, 9.17) is 4.74 Å². The summed E-state index contributed by atoms with van der Waals surface area (Å²) in [4.78, 5) is 6.63. The van der Waals surface area contributed by atoms with Crippen LogP contribution >= 0.6 is 0 Å². The summed E-state index contributed by atoms with van der Waals surface area (Å²) in [6.45, 7) is 2.92. The highest BCUT2D eigenvalue weighted by molar-refractivity contribution is 7.90. The van der Waals surface area contributed by atoms with Crippen LogP contribution in [0.25, 0.3) is 0 Å². The fraction of sp³-hybridized carbons (Fsp3) is 0.588. The monoisotopic (exact) mass is 353 g/mol. The molecule has 1 aromatic rings. The first kappa shape index (κ1) is 18.7. The summed E-state index contributed by atoms with van der Waals surface area (Å²) < 4.78 is 28.6. The lowest BCUT2D eigenvalue weighted by Crippen LogP contribution is -2.40. The summed E-state index contributed by atoms with van der Waals surface area (Å²) in [5.74, 6) is 1.57. The van der Waals surface area contributed by atoms with E-state index in [2.05, 4.69) is 10.3 Å². The molecule has 0 unspecified atom stereocenters. The third-order valence-electron chi connectivity index (χ3n) is 4.00. The molecule has 0 bridgehead atoms. The second kappa shape index (κ2) is 8.48. The summed E-state index contributed by atoms with van der Waals surface area (Å²) in [5.41, 5.74) is 1.00. The summed E-state index contributed by atoms with van der Waals surface area (Å²) in [7, 11) is 0.572. The van der Waals surface area contributed by atoms with Crippen LogP contribution in [-0.4, -0.2) is 59.4 Å². The lowest BCUT2D eigenvalue weighted by Gasteiger charge is -2.22. The average molecular weight is 353 g/mol. The van der Waals surface area contributed by atoms with Crippen LogP contribution < -0.4 is 5.32 Å². The number of hydrogen-bond donors (Lipinski definition) is 1. The third kappa shape index (κ3) is 6.13. The van der Waals surface area contributed by atoms with E-state index >= 15 is 0 Å². The fourth-order valence-corrected chi connectivity index (χ4v) is 2.89. The van der Waals surface area contributed by atoms with Crippen molar-refractivity contribution in [2.45, 2.75) is 24.3 Å². The van der Waals surface area contributed by atoms with Gasteiger partial charge in [-0.15, -0.1) is 0 Å². The first-order valence-corrected chi connectivity index (χ1v) is 10.1. The Kier molecular flexibility index (Phi) is 6.62. The predicted octanol–water partition coefficient (Wildman–Crippen LogP) is 1.52. The Hall–Kier alpha value is -1.60. The highest BCUT2D eigenvalue weighted by Gasteiger charge is 2.21. The Morgan fingerprint density at radius 1 is 1.33 bits per heavy atom. The zero-order valence-electron chi connectivity index (χ0n) is 14.7. The van der Waals surface area contributed by atoms with Crippen LogP contribution in [0.15, 0.2) is 34.2 Å². The molecule has 0 spiro atoms. The SMILES string of the molecule is CN=C(NCc1ccc(S(C)(=O)=O)cc1)N(C)CCOCC1CC1. The highest BCUT2D eigenvalue weighted by atomic mass is 32.2. The number of benzene rings is 1. The molecule has 0 aromatic heterocycles. The first-order valence-electron chi connectivity index (χ1n) is 8.18. The Bertz CT molecular complexity index is 652. The van der Waals surface area contributed by atoms with E-state index in [1.54, 1.807) is 19.2 Å². The van der Waals surface area contributed by atoms with Crippen LogP contribution in [-0.2, 0) is 21.1 Å². The van der Waals surface area contributed by atoms with Crippen molar-refractivity contribution in [3.05, 3.63) is 29.8 Å². The third-order valence-corrected chi connectivity index (χ3v) is 5.13. The molecule has 2 rings (SSSR count). The predicted molar refractivity (Wildman–Crippen MR) is 95.9 cm³/mol. The highest BCUT2D eigenvalue weighted by Crippen LogP contribution is 2.28. The minimum atomic E-state index is -3.15. The number of hydrogen-bond acceptors (Lipinski definition) is 4. The molecule has 7 heteroatoms. The average Bonchev–Trinajstić information content (AvgIpc) is 3.36. The lowest BCUT2D eigenvalue weighted by molar-refractivity contribution is 0.115. The second-order valence-electron chi connectivity index (χ2n) is 6.26. The van der Waals surface area contributed by atoms with Gasteiger partial charge >= 0.3 is 0 Å². The van der Waals surface area contributed by atoms with Crippen molar-refractivity contribution in [1.29, 1.82) is 0 Å². The minimum Gasteiger partial charge on any atom is -0.379 e. The number of likely N-dealkylation sites (N-methyl/N-ethyl adjacent to an activating group) is 1. The van der Waals surface area contributed by atoms with E-state index in [1.807, 2.05) is 24.1 Å². The standard InChI is InChI=1S/C17H27N3O3S/c1-18-17(20(2)10-11-23-13-15-4-5-15)19-12-14-6-8-16(9-7-14)24(3,21)22/h6-9,15H,4-5,10-13H2,1-3H3,(H,18,19). The van der Waals surface area contributed by atoms with Gasteiger partial charge in [0, 0.05) is 40.0 Å². The largest absolute Gasteiger partial charge is 0.379 e. The summed E-state index contributed by atoms with van der Waals surface area (Å²) in [6.07, 6.45) is 3.82. The van der Waals surface area contributed by atoms with Gasteiger partial charge in [-0.3, -0.25) is 4.99 Å². The topological polar surface area (TPSA) is 71.0 Å². The van der Waals surface area contributed by atoms with E-state index < -0.39 is 9.84 Å². The maximum atomic E-state index is 11.5. The van der Waals surface area contributed by atoms with Gasteiger partial charge in [0.2, 0.25) is 0 Å². The molecule has 1 N–H and O–H groups in total. The van der Waals surface area contributed by atoms with Crippen molar-refractivity contribution >= 4 is 15.8 Å². The van der Waals surface area contributed by atoms with Crippen LogP contribution in [0.5, 0.6) is 0 Å². The number of guanidine groups is 1. The van der Waals surface area contributed by atoms with Gasteiger partial charge in [-0.1, -0.05) is 12.1 Å². The molecule has 1 fully saturated rings. The van der Waals surface area contributed by atoms with E-state index in [0.717, 1.165) is 30.6 Å². The van der Waals surface area contributed by atoms with E-state index in [1.165, 1.54) is 19.1 Å². The van der Waals surface area contributed by atoms with Gasteiger partial charge in [-0.05, 0) is 36.5 Å². The number of aliphatic imine (C=N–C) groups is 1. The Balaban J connectivity index is 1.77. The quantitative estimate of drug-likeness (QED) is 0.436. The molecular formula is C17H27N3O3S. The molecule has 24 heavy (non-hydrogen) atoms. The first-order chi connectivity index (χ1) is 11.4. The van der Waals surface area contributed by atoms with E-state index in [-0.39, 0.29) is 0 Å². The zero-order valence-corrected chi connectivity index (χ0v) is 15.5. The van der Waals surface area contributed by atoms with E-state index in [0.29, 0.717) is 18.0 Å². The molecule has 0 atom stereocenters. The van der Waals surface area contributed by atoms with Crippen molar-refractivity contribution in [2.24, 2.45) is 10.9 Å². The van der Waals surface area contributed by atoms with Crippen LogP contribution in [0.1, 0.15) is 18.4 Å². The van der Waals surface area contributed by atoms with Gasteiger partial charge in [-0.2, -0.15) is 0 Å². The molecule has 0 heterocycles. The number of rotatable bonds is 8. The Morgan fingerprint density at radius 3 is 2.54 bits per heavy atom. The Labute approximate surface area is 144 Å². The second-order valence-corrected chi connectivity index (χ2v) is 8.27. The van der Waals surface area contributed by atoms with Gasteiger partial charge in [0.25, 0.3) is 0 Å². The van der Waals surface area contributed by atoms with Crippen molar-refractivity contribution in [2.75, 3.05) is 40.1 Å². The number of sulfone groups is 1. The molecular weight excluding hydrogens is 326 g/mol. The lowest BCUT2D eigenvalue weighted by atomic mass is 10.2. The van der Waals surface area contributed by atoms with Crippen LogP contribution in [0.4, 0.5) is 0 Å². The van der Waals surface area contributed by atoms with Crippen molar-refractivity contribution in [3.63, 3.8) is 0 Å². The molecule has 1 aliphatic rings. The van der Waals surface area contributed by atoms with Crippen LogP contribution in [0, 0.1) is 5.92 Å². The van der Waals surface area contributed by atoms with Crippen molar-refractivity contribution < 1.29 is 13.2 Å². The maximum absolute atomic E-state index is 11.5. The van der Waals surface area contributed by atoms with Crippen LogP contribution in [0.3, 0.4) is 0 Å². The summed E-state index contributed by atoms with van der Waals surface area (Å²) >= 11 is 0. The maximum Gasteiger partial charge on any atom is 0.193 e. The number of nitrogens with one attached hydrogen (secondary N) is 1. The van der Waals surface area contributed by atoms with Crippen LogP contribution in [0.2, 0.25) is 0 Å². The smallest absolute Gasteiger partial charge is 0.193 e. The minimum absolute atomic E-state index is 0.334. The molecule has 0 amide bonds. The zero-order chi connectivity index (χ0) is 17.6. The molecule has 1 saturated carbocycles. The molecule has 0 saturated heterocycles. The normalized spacial score (nSPS) is 15.4. The molecule has 0 aliphatic heterocycles. The molecule has 0 radical (unpaired) electrons. The van der Waals surface area contributed by atoms with Crippen molar-refractivity contribution in [3.8, 4) is 0 Å². The molecule has 6 nitrogen and oxygen atoms in total. The van der Waals surface area contributed by atoms with Gasteiger partial charge in [0.15, 0.2) is 15.8 Å². The van der Waals surface area contributed by atoms with Gasteiger partial charge < -0.3 is 15.0 Å². The molecule has 1 aliphatic carbocycles. The molecule has 1 aromatic carbocycles. The fourth-order valence-electron chi connectivity index (χ4n) is 2.26. The van der Waals surface area contributed by atoms with Gasteiger partial charge in [0.05, 0.1) is 11.5 Å². The van der Waals surface area contributed by atoms with E-state index in [9.17, 15) is 8.42 Å². The van der Waals surface area contributed by atoms with Gasteiger partial charge in [0.1, 0.15) is 0 Å². The number of ether oxygens (including phenoxy) is 1. The van der Waals surface area contributed by atoms with Gasteiger partial charge in [-0.25, -0.2) is 8.42 Å². The summed E-state index contributed by atoms with van der Waals surface area (Å²) in [5, 5.41) is 3.28. The number of nitrogens with zero attached hydrogens (tertiary/aromatic N) is 2. The van der Waals surface area contributed by atoms with Crippen molar-refractivity contribution in [1.82, 2.24) is 10.2 Å². The molecule has 134 valence electrons. The Morgan fingerprint density at radius 2 is 2.00 bits per heavy atom.